The highest BCUT2D eigenvalue weighted by atomic mass is 19.1. The molecule has 0 bridgehead atoms. The van der Waals surface area contributed by atoms with Gasteiger partial charge in [-0.05, 0) is 30.3 Å². The molecule has 1 aliphatic heterocycles. The summed E-state index contributed by atoms with van der Waals surface area (Å²) in [5, 5.41) is 5.15. The summed E-state index contributed by atoms with van der Waals surface area (Å²) >= 11 is 0. The van der Waals surface area contributed by atoms with Crippen LogP contribution < -0.4 is 15.4 Å². The van der Waals surface area contributed by atoms with Crippen LogP contribution in [-0.4, -0.2) is 23.4 Å². The first kappa shape index (κ1) is 13.0. The van der Waals surface area contributed by atoms with Crippen molar-refractivity contribution in [1.29, 1.82) is 0 Å². The number of ether oxygens (including phenoxy) is 1. The molecule has 6 nitrogen and oxygen atoms in total. The van der Waals surface area contributed by atoms with Crippen LogP contribution >= 0.6 is 0 Å². The molecule has 7 heteroatoms. The van der Waals surface area contributed by atoms with E-state index < -0.39 is 11.7 Å². The second kappa shape index (κ2) is 5.20. The summed E-state index contributed by atoms with van der Waals surface area (Å²) in [6, 6.07) is 7.22. The van der Waals surface area contributed by atoms with Crippen molar-refractivity contribution in [3.8, 4) is 5.75 Å². The molecular weight excluding hydrogens is 277 g/mol. The van der Waals surface area contributed by atoms with Crippen molar-refractivity contribution in [2.24, 2.45) is 0 Å². The summed E-state index contributed by atoms with van der Waals surface area (Å²) in [4.78, 5) is 27.1. The first-order valence-corrected chi connectivity index (χ1v) is 6.11. The zero-order chi connectivity index (χ0) is 14.8. The molecular formula is C14H10FN3O3. The van der Waals surface area contributed by atoms with E-state index in [1.54, 1.807) is 12.1 Å². The largest absolute Gasteiger partial charge is 0.482 e. The van der Waals surface area contributed by atoms with Crippen LogP contribution in [0.2, 0.25) is 0 Å². The van der Waals surface area contributed by atoms with Gasteiger partial charge in [0.1, 0.15) is 17.4 Å². The SMILES string of the molecule is O=C1COc2ccc(C(=O)Nc3ccc(F)cn3)cc2N1. The molecule has 1 aromatic carbocycles. The molecule has 106 valence electrons. The van der Waals surface area contributed by atoms with E-state index in [4.69, 9.17) is 4.74 Å². The average molecular weight is 287 g/mol. The monoisotopic (exact) mass is 287 g/mol. The number of amides is 2. The first-order valence-electron chi connectivity index (χ1n) is 6.11. The van der Waals surface area contributed by atoms with Gasteiger partial charge < -0.3 is 15.4 Å². The molecule has 0 radical (unpaired) electrons. The Morgan fingerprint density at radius 2 is 2.19 bits per heavy atom. The van der Waals surface area contributed by atoms with Crippen LogP contribution in [0.3, 0.4) is 0 Å². The van der Waals surface area contributed by atoms with Gasteiger partial charge >= 0.3 is 0 Å². The lowest BCUT2D eigenvalue weighted by atomic mass is 10.1. The predicted molar refractivity (Wildman–Crippen MR) is 72.7 cm³/mol. The smallest absolute Gasteiger partial charge is 0.262 e. The fourth-order valence-electron chi connectivity index (χ4n) is 1.86. The molecule has 0 fully saturated rings. The molecule has 0 aliphatic carbocycles. The van der Waals surface area contributed by atoms with Gasteiger partial charge in [0.2, 0.25) is 0 Å². The molecule has 1 aliphatic rings. The van der Waals surface area contributed by atoms with Crippen LogP contribution in [-0.2, 0) is 4.79 Å². The normalized spacial score (nSPS) is 12.9. The lowest BCUT2D eigenvalue weighted by molar-refractivity contribution is -0.118. The van der Waals surface area contributed by atoms with Gasteiger partial charge in [0.25, 0.3) is 11.8 Å². The van der Waals surface area contributed by atoms with Crippen LogP contribution in [0.25, 0.3) is 0 Å². The number of rotatable bonds is 2. The molecule has 0 saturated heterocycles. The van der Waals surface area contributed by atoms with Crippen molar-refractivity contribution >= 4 is 23.3 Å². The Balaban J connectivity index is 1.80. The zero-order valence-electron chi connectivity index (χ0n) is 10.7. The molecule has 21 heavy (non-hydrogen) atoms. The maximum atomic E-state index is 12.7. The summed E-state index contributed by atoms with van der Waals surface area (Å²) in [5.41, 5.74) is 0.761. The summed E-state index contributed by atoms with van der Waals surface area (Å²) in [5.74, 6) is -0.441. The zero-order valence-corrected chi connectivity index (χ0v) is 10.7. The number of carbonyl (C=O) groups is 2. The minimum Gasteiger partial charge on any atom is -0.482 e. The summed E-state index contributed by atoms with van der Waals surface area (Å²) in [7, 11) is 0. The van der Waals surface area contributed by atoms with Gasteiger partial charge in [0.05, 0.1) is 11.9 Å². The number of hydrogen-bond donors (Lipinski definition) is 2. The van der Waals surface area contributed by atoms with E-state index in [1.807, 2.05) is 0 Å². The van der Waals surface area contributed by atoms with Gasteiger partial charge in [-0.2, -0.15) is 0 Å². The van der Waals surface area contributed by atoms with E-state index >= 15 is 0 Å². The van der Waals surface area contributed by atoms with Gasteiger partial charge in [-0.1, -0.05) is 0 Å². The third kappa shape index (κ3) is 2.81. The number of pyridine rings is 1. The number of aromatic nitrogens is 1. The highest BCUT2D eigenvalue weighted by molar-refractivity contribution is 6.05. The van der Waals surface area contributed by atoms with Crippen molar-refractivity contribution in [1.82, 2.24) is 4.98 Å². The third-order valence-electron chi connectivity index (χ3n) is 2.84. The fraction of sp³-hybridized carbons (Fsp3) is 0.0714. The van der Waals surface area contributed by atoms with E-state index in [1.165, 1.54) is 18.2 Å². The summed E-state index contributed by atoms with van der Waals surface area (Å²) in [6.07, 6.45) is 1.01. The molecule has 3 rings (SSSR count). The lowest BCUT2D eigenvalue weighted by Crippen LogP contribution is -2.25. The van der Waals surface area contributed by atoms with Gasteiger partial charge in [-0.15, -0.1) is 0 Å². The number of benzene rings is 1. The standard InChI is InChI=1S/C14H10FN3O3/c15-9-2-4-12(16-6-9)18-14(20)8-1-3-11-10(5-8)17-13(19)7-21-11/h1-6H,7H2,(H,17,19)(H,16,18,20). The van der Waals surface area contributed by atoms with E-state index in [9.17, 15) is 14.0 Å². The van der Waals surface area contributed by atoms with E-state index in [0.717, 1.165) is 6.20 Å². The molecule has 0 unspecified atom stereocenters. The van der Waals surface area contributed by atoms with E-state index in [0.29, 0.717) is 17.0 Å². The number of nitrogens with one attached hydrogen (secondary N) is 2. The van der Waals surface area contributed by atoms with Crippen LogP contribution in [0.1, 0.15) is 10.4 Å². The molecule has 0 saturated carbocycles. The first-order chi connectivity index (χ1) is 10.1. The second-order valence-electron chi connectivity index (χ2n) is 4.36. The average Bonchev–Trinajstić information content (AvgIpc) is 2.48. The molecule has 2 amide bonds. The second-order valence-corrected chi connectivity index (χ2v) is 4.36. The number of fused-ring (bicyclic) bond motifs is 1. The number of anilines is 2. The van der Waals surface area contributed by atoms with Crippen LogP contribution in [0.5, 0.6) is 5.75 Å². The van der Waals surface area contributed by atoms with Gasteiger partial charge in [0, 0.05) is 5.56 Å². The number of carbonyl (C=O) groups excluding carboxylic acids is 2. The van der Waals surface area contributed by atoms with Crippen molar-refractivity contribution in [2.75, 3.05) is 17.2 Å². The molecule has 0 atom stereocenters. The number of hydrogen-bond acceptors (Lipinski definition) is 4. The van der Waals surface area contributed by atoms with E-state index in [2.05, 4.69) is 15.6 Å². The van der Waals surface area contributed by atoms with Gasteiger partial charge in [-0.3, -0.25) is 9.59 Å². The minimum absolute atomic E-state index is 0.0436. The van der Waals surface area contributed by atoms with Crippen LogP contribution in [0.4, 0.5) is 15.9 Å². The lowest BCUT2D eigenvalue weighted by Gasteiger charge is -2.18. The summed E-state index contributed by atoms with van der Waals surface area (Å²) in [6.45, 7) is -0.0436. The Morgan fingerprint density at radius 1 is 1.33 bits per heavy atom. The van der Waals surface area contributed by atoms with Crippen LogP contribution in [0, 0.1) is 5.82 Å². The topological polar surface area (TPSA) is 80.3 Å². The highest BCUT2D eigenvalue weighted by Crippen LogP contribution is 2.28. The highest BCUT2D eigenvalue weighted by Gasteiger charge is 2.18. The Morgan fingerprint density at radius 3 is 2.95 bits per heavy atom. The summed E-state index contributed by atoms with van der Waals surface area (Å²) < 4.78 is 17.9. The quantitative estimate of drug-likeness (QED) is 0.882. The number of halogens is 1. The Hall–Kier alpha value is -2.96. The van der Waals surface area contributed by atoms with E-state index in [-0.39, 0.29) is 18.3 Å². The molecule has 2 aromatic rings. The number of nitrogens with zero attached hydrogens (tertiary/aromatic N) is 1. The molecule has 2 N–H and O–H groups in total. The minimum atomic E-state index is -0.485. The van der Waals surface area contributed by atoms with Crippen molar-refractivity contribution in [2.45, 2.75) is 0 Å². The Labute approximate surface area is 118 Å². The Kier molecular flexibility index (Phi) is 3.23. The fourth-order valence-corrected chi connectivity index (χ4v) is 1.86. The van der Waals surface area contributed by atoms with Crippen molar-refractivity contribution < 1.29 is 18.7 Å². The molecule has 0 spiro atoms. The molecule has 2 heterocycles. The third-order valence-corrected chi connectivity index (χ3v) is 2.84. The maximum absolute atomic E-state index is 12.7. The van der Waals surface area contributed by atoms with Crippen molar-refractivity contribution in [3.63, 3.8) is 0 Å². The van der Waals surface area contributed by atoms with Gasteiger partial charge in [0.15, 0.2) is 6.61 Å². The van der Waals surface area contributed by atoms with Crippen molar-refractivity contribution in [3.05, 3.63) is 47.9 Å². The predicted octanol–water partition coefficient (Wildman–Crippen LogP) is 1.80. The van der Waals surface area contributed by atoms with Crippen LogP contribution in [0.15, 0.2) is 36.5 Å². The maximum Gasteiger partial charge on any atom is 0.262 e. The Bertz CT molecular complexity index is 716. The molecule has 1 aromatic heterocycles. The van der Waals surface area contributed by atoms with Gasteiger partial charge in [-0.25, -0.2) is 9.37 Å².